The predicted octanol–water partition coefficient (Wildman–Crippen LogP) is 1.07. The van der Waals surface area contributed by atoms with Crippen LogP contribution in [0.5, 0.6) is 5.75 Å². The van der Waals surface area contributed by atoms with Crippen molar-refractivity contribution >= 4 is 10.2 Å². The molecule has 0 bridgehead atoms. The molecule has 7 heteroatoms. The number of ether oxygens (including phenoxy) is 1. The number of benzene rings is 1. The molecule has 0 atom stereocenters. The van der Waals surface area contributed by atoms with E-state index in [0.717, 1.165) is 9.87 Å². The standard InChI is InChI=1S/C14H24N2O4S/c1-14(2,17)11-16(4)21(18,19)15(3)10-12-7-6-8-13(9-12)20-5/h6-9,17H,10-11H2,1-5H3. The Kier molecular flexibility index (Phi) is 5.75. The smallest absolute Gasteiger partial charge is 0.281 e. The number of methoxy groups -OCH3 is 1. The summed E-state index contributed by atoms with van der Waals surface area (Å²) in [4.78, 5) is 0. The van der Waals surface area contributed by atoms with Crippen LogP contribution in [0.2, 0.25) is 0 Å². The molecule has 0 amide bonds. The molecular formula is C14H24N2O4S. The molecule has 0 saturated heterocycles. The first-order valence-corrected chi connectivity index (χ1v) is 7.99. The lowest BCUT2D eigenvalue weighted by Gasteiger charge is -2.29. The molecule has 1 aromatic rings. The Balaban J connectivity index is 2.83. The Morgan fingerprint density at radius 1 is 1.24 bits per heavy atom. The molecule has 0 aliphatic carbocycles. The predicted molar refractivity (Wildman–Crippen MR) is 82.3 cm³/mol. The van der Waals surface area contributed by atoms with Crippen molar-refractivity contribution in [1.82, 2.24) is 8.61 Å². The summed E-state index contributed by atoms with van der Waals surface area (Å²) < 4.78 is 32.3. The van der Waals surface area contributed by atoms with E-state index in [1.807, 2.05) is 12.1 Å². The highest BCUT2D eigenvalue weighted by molar-refractivity contribution is 7.86. The Morgan fingerprint density at radius 2 is 1.86 bits per heavy atom. The van der Waals surface area contributed by atoms with Crippen molar-refractivity contribution in [1.29, 1.82) is 0 Å². The highest BCUT2D eigenvalue weighted by Crippen LogP contribution is 2.17. The maximum atomic E-state index is 12.4. The molecular weight excluding hydrogens is 292 g/mol. The zero-order valence-electron chi connectivity index (χ0n) is 13.2. The van der Waals surface area contributed by atoms with Crippen LogP contribution in [0.15, 0.2) is 24.3 Å². The maximum absolute atomic E-state index is 12.4. The van der Waals surface area contributed by atoms with Gasteiger partial charge < -0.3 is 9.84 Å². The second-order valence-electron chi connectivity index (χ2n) is 5.68. The van der Waals surface area contributed by atoms with E-state index in [0.29, 0.717) is 5.75 Å². The lowest BCUT2D eigenvalue weighted by Crippen LogP contribution is -2.45. The first-order valence-electron chi connectivity index (χ1n) is 6.59. The van der Waals surface area contributed by atoms with Gasteiger partial charge in [0.2, 0.25) is 0 Å². The fraction of sp³-hybridized carbons (Fsp3) is 0.571. The molecule has 0 aliphatic rings. The third-order valence-corrected chi connectivity index (χ3v) is 4.77. The monoisotopic (exact) mass is 316 g/mol. The molecule has 0 fully saturated rings. The van der Waals surface area contributed by atoms with Gasteiger partial charge in [0.15, 0.2) is 0 Å². The summed E-state index contributed by atoms with van der Waals surface area (Å²) >= 11 is 0. The van der Waals surface area contributed by atoms with Crippen molar-refractivity contribution < 1.29 is 18.3 Å². The number of nitrogens with zero attached hydrogens (tertiary/aromatic N) is 2. The molecule has 1 aromatic carbocycles. The number of rotatable bonds is 7. The van der Waals surface area contributed by atoms with E-state index in [1.165, 1.54) is 18.4 Å². The van der Waals surface area contributed by atoms with E-state index in [2.05, 4.69) is 0 Å². The van der Waals surface area contributed by atoms with Crippen molar-refractivity contribution in [3.8, 4) is 5.75 Å². The Hall–Kier alpha value is -1.15. The van der Waals surface area contributed by atoms with E-state index in [-0.39, 0.29) is 13.1 Å². The molecule has 6 nitrogen and oxygen atoms in total. The normalized spacial score (nSPS) is 13.0. The van der Waals surface area contributed by atoms with Gasteiger partial charge in [0.1, 0.15) is 5.75 Å². The third-order valence-electron chi connectivity index (χ3n) is 2.94. The van der Waals surface area contributed by atoms with Gasteiger partial charge in [-0.3, -0.25) is 0 Å². The van der Waals surface area contributed by atoms with Crippen LogP contribution in [-0.4, -0.2) is 55.5 Å². The zero-order valence-corrected chi connectivity index (χ0v) is 14.0. The van der Waals surface area contributed by atoms with Gasteiger partial charge in [-0.25, -0.2) is 0 Å². The van der Waals surface area contributed by atoms with Crippen LogP contribution < -0.4 is 4.74 Å². The van der Waals surface area contributed by atoms with E-state index in [4.69, 9.17) is 4.74 Å². The second kappa shape index (κ2) is 6.74. The van der Waals surface area contributed by atoms with Crippen LogP contribution >= 0.6 is 0 Å². The largest absolute Gasteiger partial charge is 0.497 e. The molecule has 0 aliphatic heterocycles. The minimum Gasteiger partial charge on any atom is -0.497 e. The molecule has 21 heavy (non-hydrogen) atoms. The van der Waals surface area contributed by atoms with Gasteiger partial charge >= 0.3 is 0 Å². The summed E-state index contributed by atoms with van der Waals surface area (Å²) in [7, 11) is 0.905. The van der Waals surface area contributed by atoms with Crippen LogP contribution in [0.1, 0.15) is 19.4 Å². The van der Waals surface area contributed by atoms with Crippen LogP contribution in [0.4, 0.5) is 0 Å². The van der Waals surface area contributed by atoms with E-state index < -0.39 is 15.8 Å². The van der Waals surface area contributed by atoms with Crippen molar-refractivity contribution in [3.05, 3.63) is 29.8 Å². The Morgan fingerprint density at radius 3 is 2.38 bits per heavy atom. The summed E-state index contributed by atoms with van der Waals surface area (Å²) in [5, 5.41) is 9.75. The van der Waals surface area contributed by atoms with Gasteiger partial charge in [-0.15, -0.1) is 0 Å². The van der Waals surface area contributed by atoms with Crippen LogP contribution in [-0.2, 0) is 16.8 Å². The lowest BCUT2D eigenvalue weighted by molar-refractivity contribution is 0.0627. The first-order chi connectivity index (χ1) is 9.56. The summed E-state index contributed by atoms with van der Waals surface area (Å²) in [6.07, 6.45) is 0. The topological polar surface area (TPSA) is 70.1 Å². The molecule has 1 N–H and O–H groups in total. The molecule has 0 unspecified atom stereocenters. The summed E-state index contributed by atoms with van der Waals surface area (Å²) in [6, 6.07) is 7.25. The first kappa shape index (κ1) is 17.9. The molecule has 1 rings (SSSR count). The lowest BCUT2D eigenvalue weighted by atomic mass is 10.1. The van der Waals surface area contributed by atoms with Crippen LogP contribution in [0.25, 0.3) is 0 Å². The number of aliphatic hydroxyl groups is 1. The number of likely N-dealkylation sites (N-methyl/N-ethyl adjacent to an activating group) is 1. The van der Waals surface area contributed by atoms with Crippen molar-refractivity contribution in [2.75, 3.05) is 27.7 Å². The SMILES string of the molecule is COc1cccc(CN(C)S(=O)(=O)N(C)CC(C)(C)O)c1. The summed E-state index contributed by atoms with van der Waals surface area (Å²) in [5.74, 6) is 0.683. The molecule has 0 heterocycles. The second-order valence-corrected chi connectivity index (χ2v) is 7.83. The molecule has 0 aromatic heterocycles. The van der Waals surface area contributed by atoms with Gasteiger partial charge in [-0.1, -0.05) is 12.1 Å². The van der Waals surface area contributed by atoms with Gasteiger partial charge in [0, 0.05) is 27.2 Å². The van der Waals surface area contributed by atoms with Gasteiger partial charge in [0.25, 0.3) is 10.2 Å². The zero-order chi connectivity index (χ0) is 16.3. The fourth-order valence-electron chi connectivity index (χ4n) is 1.97. The number of hydrogen-bond donors (Lipinski definition) is 1. The van der Waals surface area contributed by atoms with Gasteiger partial charge in [-0.2, -0.15) is 17.0 Å². The van der Waals surface area contributed by atoms with Crippen molar-refractivity contribution in [2.45, 2.75) is 26.0 Å². The van der Waals surface area contributed by atoms with Gasteiger partial charge in [0.05, 0.1) is 12.7 Å². The molecule has 0 spiro atoms. The van der Waals surface area contributed by atoms with E-state index in [9.17, 15) is 13.5 Å². The van der Waals surface area contributed by atoms with Crippen molar-refractivity contribution in [3.63, 3.8) is 0 Å². The average Bonchev–Trinajstić information content (AvgIpc) is 2.36. The fourth-order valence-corrected chi connectivity index (χ4v) is 3.24. The van der Waals surface area contributed by atoms with Gasteiger partial charge in [-0.05, 0) is 31.5 Å². The average molecular weight is 316 g/mol. The molecule has 120 valence electrons. The molecule has 0 saturated carbocycles. The highest BCUT2D eigenvalue weighted by atomic mass is 32.2. The highest BCUT2D eigenvalue weighted by Gasteiger charge is 2.28. The van der Waals surface area contributed by atoms with Crippen molar-refractivity contribution in [2.24, 2.45) is 0 Å². The minimum absolute atomic E-state index is 0.0256. The van der Waals surface area contributed by atoms with Crippen LogP contribution in [0.3, 0.4) is 0 Å². The van der Waals surface area contributed by atoms with E-state index >= 15 is 0 Å². The van der Waals surface area contributed by atoms with E-state index in [1.54, 1.807) is 33.1 Å². The third kappa shape index (κ3) is 5.28. The maximum Gasteiger partial charge on any atom is 0.281 e. The summed E-state index contributed by atoms with van der Waals surface area (Å²) in [5.41, 5.74) is -0.254. The molecule has 0 radical (unpaired) electrons. The Bertz CT molecular complexity index is 567. The summed E-state index contributed by atoms with van der Waals surface area (Å²) in [6.45, 7) is 3.40. The van der Waals surface area contributed by atoms with Crippen LogP contribution in [0, 0.1) is 0 Å². The Labute approximate surface area is 127 Å². The number of hydrogen-bond acceptors (Lipinski definition) is 4. The quantitative estimate of drug-likeness (QED) is 0.817. The minimum atomic E-state index is -3.62.